The summed E-state index contributed by atoms with van der Waals surface area (Å²) in [6, 6.07) is 0.500. The predicted octanol–water partition coefficient (Wildman–Crippen LogP) is 0.792. The lowest BCUT2D eigenvalue weighted by Crippen LogP contribution is -2.56. The number of nitrogens with one attached hydrogen (secondary N) is 1. The lowest BCUT2D eigenvalue weighted by Gasteiger charge is -2.42. The monoisotopic (exact) mass is 196 g/mol. The molecule has 1 spiro atoms. The van der Waals surface area contributed by atoms with Crippen LogP contribution >= 0.6 is 0 Å². The summed E-state index contributed by atoms with van der Waals surface area (Å²) in [6.07, 6.45) is 2.77. The maximum absolute atomic E-state index is 12.0. The molecule has 0 aromatic heterocycles. The van der Waals surface area contributed by atoms with Crippen molar-refractivity contribution in [1.29, 1.82) is 0 Å². The minimum atomic E-state index is -0.0978. The van der Waals surface area contributed by atoms with Crippen molar-refractivity contribution in [3.8, 4) is 0 Å². The molecule has 0 saturated carbocycles. The molecule has 0 aliphatic carbocycles. The van der Waals surface area contributed by atoms with Crippen LogP contribution in [0.25, 0.3) is 0 Å². The molecule has 0 bridgehead atoms. The smallest absolute Gasteiger partial charge is 0.154 e. The van der Waals surface area contributed by atoms with Crippen LogP contribution < -0.4 is 5.32 Å². The largest absolute Gasteiger partial charge is 0.317 e. The number of carbonyl (C=O) groups is 1. The maximum Gasteiger partial charge on any atom is 0.154 e. The quantitative estimate of drug-likeness (QED) is 0.673. The molecule has 0 amide bonds. The number of likely N-dealkylation sites (tertiary alicyclic amines) is 1. The van der Waals surface area contributed by atoms with Gasteiger partial charge in [0, 0.05) is 19.0 Å². The lowest BCUT2D eigenvalue weighted by molar-refractivity contribution is -0.127. The van der Waals surface area contributed by atoms with Crippen molar-refractivity contribution in [2.75, 3.05) is 19.6 Å². The molecule has 0 aromatic carbocycles. The first kappa shape index (κ1) is 10.1. The van der Waals surface area contributed by atoms with Crippen molar-refractivity contribution < 1.29 is 4.79 Å². The van der Waals surface area contributed by atoms with Gasteiger partial charge in [-0.25, -0.2) is 0 Å². The zero-order valence-corrected chi connectivity index (χ0v) is 9.18. The fourth-order valence-corrected chi connectivity index (χ4v) is 2.99. The Balaban J connectivity index is 2.22. The van der Waals surface area contributed by atoms with Gasteiger partial charge in [0.15, 0.2) is 5.78 Å². The van der Waals surface area contributed by atoms with Crippen LogP contribution in [0.4, 0.5) is 0 Å². The molecule has 1 N–H and O–H groups in total. The number of Topliss-reactive ketones (excluding diaryl/α,β-unsaturated/α-hetero) is 1. The van der Waals surface area contributed by atoms with Gasteiger partial charge >= 0.3 is 0 Å². The Bertz CT molecular complexity index is 231. The Morgan fingerprint density at radius 3 is 2.57 bits per heavy atom. The van der Waals surface area contributed by atoms with Crippen LogP contribution in [0.15, 0.2) is 0 Å². The third kappa shape index (κ3) is 1.39. The first-order valence-corrected chi connectivity index (χ1v) is 5.67. The fourth-order valence-electron chi connectivity index (χ4n) is 2.99. The summed E-state index contributed by atoms with van der Waals surface area (Å²) in [7, 11) is 0. The van der Waals surface area contributed by atoms with Crippen LogP contribution in [0.2, 0.25) is 0 Å². The molecule has 2 heterocycles. The standard InChI is InChI=1S/C11H20N2O/c1-9(2)13-8-3-10(14)11(13)4-6-12-7-5-11/h9,12H,3-8H2,1-2H3. The highest BCUT2D eigenvalue weighted by Crippen LogP contribution is 2.35. The molecule has 0 radical (unpaired) electrons. The Hall–Kier alpha value is -0.410. The first-order chi connectivity index (χ1) is 6.67. The maximum atomic E-state index is 12.0. The third-order valence-electron chi connectivity index (χ3n) is 3.70. The van der Waals surface area contributed by atoms with Crippen LogP contribution in [0, 0.1) is 0 Å². The highest BCUT2D eigenvalue weighted by molar-refractivity contribution is 5.90. The number of ketones is 1. The average Bonchev–Trinajstić information content (AvgIpc) is 2.46. The Labute approximate surface area is 85.8 Å². The Kier molecular flexibility index (Phi) is 2.62. The van der Waals surface area contributed by atoms with E-state index in [2.05, 4.69) is 24.1 Å². The van der Waals surface area contributed by atoms with E-state index in [-0.39, 0.29) is 5.54 Å². The highest BCUT2D eigenvalue weighted by Gasteiger charge is 2.49. The van der Waals surface area contributed by atoms with Crippen molar-refractivity contribution in [2.24, 2.45) is 0 Å². The molecule has 14 heavy (non-hydrogen) atoms. The van der Waals surface area contributed by atoms with Crippen molar-refractivity contribution in [1.82, 2.24) is 10.2 Å². The van der Waals surface area contributed by atoms with E-state index in [9.17, 15) is 4.79 Å². The highest BCUT2D eigenvalue weighted by atomic mass is 16.1. The van der Waals surface area contributed by atoms with E-state index in [1.165, 1.54) is 0 Å². The predicted molar refractivity (Wildman–Crippen MR) is 56.3 cm³/mol. The van der Waals surface area contributed by atoms with Gasteiger partial charge in [0.25, 0.3) is 0 Å². The molecule has 0 atom stereocenters. The minimum absolute atomic E-state index is 0.0978. The number of hydrogen-bond donors (Lipinski definition) is 1. The van der Waals surface area contributed by atoms with E-state index >= 15 is 0 Å². The van der Waals surface area contributed by atoms with Crippen molar-refractivity contribution in [3.05, 3.63) is 0 Å². The average molecular weight is 196 g/mol. The van der Waals surface area contributed by atoms with Gasteiger partial charge in [0.1, 0.15) is 0 Å². The summed E-state index contributed by atoms with van der Waals surface area (Å²) >= 11 is 0. The van der Waals surface area contributed by atoms with Gasteiger partial charge in [0.05, 0.1) is 5.54 Å². The van der Waals surface area contributed by atoms with E-state index < -0.39 is 0 Å². The van der Waals surface area contributed by atoms with Gasteiger partial charge in [-0.3, -0.25) is 9.69 Å². The van der Waals surface area contributed by atoms with Gasteiger partial charge < -0.3 is 5.32 Å². The van der Waals surface area contributed by atoms with Gasteiger partial charge in [-0.2, -0.15) is 0 Å². The van der Waals surface area contributed by atoms with Crippen LogP contribution in [0.1, 0.15) is 33.1 Å². The van der Waals surface area contributed by atoms with Gasteiger partial charge in [0.2, 0.25) is 0 Å². The van der Waals surface area contributed by atoms with Crippen LogP contribution in [0.3, 0.4) is 0 Å². The SMILES string of the molecule is CC(C)N1CCC(=O)C12CCNCC2. The molecule has 2 fully saturated rings. The number of hydrogen-bond acceptors (Lipinski definition) is 3. The molecule has 3 heteroatoms. The fraction of sp³-hybridized carbons (Fsp3) is 0.909. The minimum Gasteiger partial charge on any atom is -0.317 e. The van der Waals surface area contributed by atoms with E-state index in [1.54, 1.807) is 0 Å². The summed E-state index contributed by atoms with van der Waals surface area (Å²) in [6.45, 7) is 7.35. The summed E-state index contributed by atoms with van der Waals surface area (Å²) in [4.78, 5) is 14.4. The van der Waals surface area contributed by atoms with Crippen molar-refractivity contribution in [3.63, 3.8) is 0 Å². The van der Waals surface area contributed by atoms with Gasteiger partial charge in [-0.15, -0.1) is 0 Å². The topological polar surface area (TPSA) is 32.3 Å². The molecule has 2 saturated heterocycles. The van der Waals surface area contributed by atoms with E-state index in [4.69, 9.17) is 0 Å². The normalized spacial score (nSPS) is 27.8. The lowest BCUT2D eigenvalue weighted by atomic mass is 9.84. The zero-order valence-electron chi connectivity index (χ0n) is 9.18. The first-order valence-electron chi connectivity index (χ1n) is 5.67. The van der Waals surface area contributed by atoms with Gasteiger partial charge in [-0.05, 0) is 39.8 Å². The summed E-state index contributed by atoms with van der Waals surface area (Å²) < 4.78 is 0. The Morgan fingerprint density at radius 1 is 1.36 bits per heavy atom. The molecule has 2 rings (SSSR count). The number of piperidine rings is 1. The second-order valence-corrected chi connectivity index (χ2v) is 4.74. The molecular weight excluding hydrogens is 176 g/mol. The number of carbonyl (C=O) groups excluding carboxylic acids is 1. The van der Waals surface area contributed by atoms with Crippen LogP contribution in [-0.4, -0.2) is 41.9 Å². The summed E-state index contributed by atoms with van der Waals surface area (Å²) in [5, 5.41) is 3.34. The van der Waals surface area contributed by atoms with Crippen molar-refractivity contribution in [2.45, 2.75) is 44.7 Å². The zero-order chi connectivity index (χ0) is 10.2. The number of rotatable bonds is 1. The second kappa shape index (κ2) is 3.63. The van der Waals surface area contributed by atoms with Crippen molar-refractivity contribution >= 4 is 5.78 Å². The molecular formula is C11H20N2O. The van der Waals surface area contributed by atoms with Gasteiger partial charge in [-0.1, -0.05) is 0 Å². The number of nitrogens with zero attached hydrogens (tertiary/aromatic N) is 1. The molecule has 3 nitrogen and oxygen atoms in total. The molecule has 2 aliphatic heterocycles. The second-order valence-electron chi connectivity index (χ2n) is 4.74. The van der Waals surface area contributed by atoms with E-state index in [0.29, 0.717) is 11.8 Å². The van der Waals surface area contributed by atoms with E-state index in [1.807, 2.05) is 0 Å². The third-order valence-corrected chi connectivity index (χ3v) is 3.70. The summed E-state index contributed by atoms with van der Waals surface area (Å²) in [5.74, 6) is 0.479. The Morgan fingerprint density at radius 2 is 2.00 bits per heavy atom. The molecule has 80 valence electrons. The molecule has 0 unspecified atom stereocenters. The summed E-state index contributed by atoms with van der Waals surface area (Å²) in [5.41, 5.74) is -0.0978. The van der Waals surface area contributed by atoms with Crippen LogP contribution in [-0.2, 0) is 4.79 Å². The molecule has 0 aromatic rings. The van der Waals surface area contributed by atoms with Crippen LogP contribution in [0.5, 0.6) is 0 Å². The molecule has 2 aliphatic rings. The van der Waals surface area contributed by atoms with E-state index in [0.717, 1.165) is 38.9 Å².